The molecular formula is C15H23N3O. The summed E-state index contributed by atoms with van der Waals surface area (Å²) >= 11 is 0. The predicted molar refractivity (Wildman–Crippen MR) is 77.4 cm³/mol. The van der Waals surface area contributed by atoms with Gasteiger partial charge in [-0.2, -0.15) is 0 Å². The zero-order chi connectivity index (χ0) is 13.5. The van der Waals surface area contributed by atoms with Gasteiger partial charge >= 0.3 is 0 Å². The van der Waals surface area contributed by atoms with E-state index in [-0.39, 0.29) is 5.91 Å². The van der Waals surface area contributed by atoms with E-state index >= 15 is 0 Å². The van der Waals surface area contributed by atoms with Gasteiger partial charge in [0.15, 0.2) is 0 Å². The average molecular weight is 261 g/mol. The molecule has 1 aromatic rings. The summed E-state index contributed by atoms with van der Waals surface area (Å²) in [4.78, 5) is 18.3. The standard InChI is InChI=1S/C15H23N3O/c1-2-3-4-9-16-13-7-8-14(17-12-13)15(19)18-10-5-6-11-18/h7-8,12,16H,2-6,9-11H2,1H3. The van der Waals surface area contributed by atoms with Crippen LogP contribution < -0.4 is 5.32 Å². The molecule has 0 atom stereocenters. The first-order valence-corrected chi connectivity index (χ1v) is 7.30. The van der Waals surface area contributed by atoms with E-state index in [1.165, 1.54) is 19.3 Å². The molecule has 0 unspecified atom stereocenters. The smallest absolute Gasteiger partial charge is 0.272 e. The normalized spacial score (nSPS) is 14.7. The third kappa shape index (κ3) is 3.94. The van der Waals surface area contributed by atoms with Crippen molar-refractivity contribution in [2.45, 2.75) is 39.0 Å². The van der Waals surface area contributed by atoms with Gasteiger partial charge in [-0.1, -0.05) is 19.8 Å². The molecule has 1 amide bonds. The van der Waals surface area contributed by atoms with Crippen LogP contribution in [0.1, 0.15) is 49.5 Å². The Labute approximate surface area is 115 Å². The summed E-state index contributed by atoms with van der Waals surface area (Å²) in [5.41, 5.74) is 1.55. The van der Waals surface area contributed by atoms with E-state index in [9.17, 15) is 4.79 Å². The van der Waals surface area contributed by atoms with Crippen molar-refractivity contribution in [3.63, 3.8) is 0 Å². The molecule has 1 aromatic heterocycles. The van der Waals surface area contributed by atoms with Gasteiger partial charge in [0.2, 0.25) is 0 Å². The van der Waals surface area contributed by atoms with Gasteiger partial charge in [-0.25, -0.2) is 4.98 Å². The van der Waals surface area contributed by atoms with E-state index in [4.69, 9.17) is 0 Å². The second-order valence-electron chi connectivity index (χ2n) is 5.07. The third-order valence-corrected chi connectivity index (χ3v) is 3.49. The Hall–Kier alpha value is -1.58. The van der Waals surface area contributed by atoms with Crippen LogP contribution in [0.2, 0.25) is 0 Å². The van der Waals surface area contributed by atoms with Crippen LogP contribution in [0, 0.1) is 0 Å². The van der Waals surface area contributed by atoms with Gasteiger partial charge in [0.25, 0.3) is 5.91 Å². The number of nitrogens with zero attached hydrogens (tertiary/aromatic N) is 2. The highest BCUT2D eigenvalue weighted by molar-refractivity contribution is 5.92. The zero-order valence-electron chi connectivity index (χ0n) is 11.7. The highest BCUT2D eigenvalue weighted by atomic mass is 16.2. The Balaban J connectivity index is 1.85. The van der Waals surface area contributed by atoms with Crippen molar-refractivity contribution in [3.8, 4) is 0 Å². The fourth-order valence-corrected chi connectivity index (χ4v) is 2.31. The Morgan fingerprint density at radius 1 is 1.32 bits per heavy atom. The molecule has 4 heteroatoms. The van der Waals surface area contributed by atoms with Crippen LogP contribution in [-0.2, 0) is 0 Å². The summed E-state index contributed by atoms with van der Waals surface area (Å²) in [6, 6.07) is 3.77. The maximum atomic E-state index is 12.1. The van der Waals surface area contributed by atoms with Gasteiger partial charge in [0, 0.05) is 19.6 Å². The van der Waals surface area contributed by atoms with Crippen molar-refractivity contribution in [3.05, 3.63) is 24.0 Å². The number of likely N-dealkylation sites (tertiary alicyclic amines) is 1. The number of carbonyl (C=O) groups excluding carboxylic acids is 1. The van der Waals surface area contributed by atoms with E-state index in [0.29, 0.717) is 5.69 Å². The molecule has 104 valence electrons. The third-order valence-electron chi connectivity index (χ3n) is 3.49. The monoisotopic (exact) mass is 261 g/mol. The van der Waals surface area contributed by atoms with E-state index in [1.54, 1.807) is 6.20 Å². The van der Waals surface area contributed by atoms with Gasteiger partial charge in [0.05, 0.1) is 11.9 Å². The first-order chi connectivity index (χ1) is 9.31. The van der Waals surface area contributed by atoms with Crippen molar-refractivity contribution in [2.24, 2.45) is 0 Å². The zero-order valence-corrected chi connectivity index (χ0v) is 11.7. The summed E-state index contributed by atoms with van der Waals surface area (Å²) in [5, 5.41) is 3.33. The van der Waals surface area contributed by atoms with Gasteiger partial charge in [0.1, 0.15) is 5.69 Å². The lowest BCUT2D eigenvalue weighted by Crippen LogP contribution is -2.28. The van der Waals surface area contributed by atoms with E-state index in [1.807, 2.05) is 17.0 Å². The fraction of sp³-hybridized carbons (Fsp3) is 0.600. The Bertz CT molecular complexity index is 396. The molecule has 0 spiro atoms. The minimum atomic E-state index is 0.0648. The van der Waals surface area contributed by atoms with Crippen molar-refractivity contribution >= 4 is 11.6 Å². The molecule has 0 aromatic carbocycles. The molecule has 1 fully saturated rings. The number of hydrogen-bond acceptors (Lipinski definition) is 3. The fourth-order valence-electron chi connectivity index (χ4n) is 2.31. The molecule has 19 heavy (non-hydrogen) atoms. The predicted octanol–water partition coefficient (Wildman–Crippen LogP) is 2.92. The molecule has 4 nitrogen and oxygen atoms in total. The quantitative estimate of drug-likeness (QED) is 0.801. The number of unbranched alkanes of at least 4 members (excludes halogenated alkanes) is 2. The second-order valence-corrected chi connectivity index (χ2v) is 5.07. The van der Waals surface area contributed by atoms with Crippen LogP contribution in [0.4, 0.5) is 5.69 Å². The number of aromatic nitrogens is 1. The molecular weight excluding hydrogens is 238 g/mol. The van der Waals surface area contributed by atoms with Crippen LogP contribution in [0.15, 0.2) is 18.3 Å². The number of anilines is 1. The number of amides is 1. The Kier molecular flexibility index (Phi) is 5.19. The number of carbonyl (C=O) groups is 1. The van der Waals surface area contributed by atoms with Gasteiger partial charge < -0.3 is 10.2 Å². The van der Waals surface area contributed by atoms with Gasteiger partial charge in [-0.05, 0) is 31.4 Å². The molecule has 1 saturated heterocycles. The lowest BCUT2D eigenvalue weighted by atomic mass is 10.2. The number of rotatable bonds is 6. The largest absolute Gasteiger partial charge is 0.384 e. The SMILES string of the molecule is CCCCCNc1ccc(C(=O)N2CCCC2)nc1. The molecule has 0 bridgehead atoms. The molecule has 0 aliphatic carbocycles. The van der Waals surface area contributed by atoms with Crippen molar-refractivity contribution in [1.29, 1.82) is 0 Å². The maximum absolute atomic E-state index is 12.1. The van der Waals surface area contributed by atoms with E-state index in [0.717, 1.165) is 38.2 Å². The van der Waals surface area contributed by atoms with Crippen LogP contribution >= 0.6 is 0 Å². The molecule has 2 rings (SSSR count). The molecule has 1 aliphatic rings. The molecule has 0 saturated carbocycles. The highest BCUT2D eigenvalue weighted by Crippen LogP contribution is 2.13. The number of nitrogens with one attached hydrogen (secondary N) is 1. The first-order valence-electron chi connectivity index (χ1n) is 7.30. The Morgan fingerprint density at radius 3 is 2.74 bits per heavy atom. The van der Waals surface area contributed by atoms with E-state index in [2.05, 4.69) is 17.2 Å². The molecule has 1 N–H and O–H groups in total. The van der Waals surface area contributed by atoms with Crippen molar-refractivity contribution < 1.29 is 4.79 Å². The van der Waals surface area contributed by atoms with Crippen LogP contribution in [0.25, 0.3) is 0 Å². The molecule has 1 aliphatic heterocycles. The number of pyridine rings is 1. The summed E-state index contributed by atoms with van der Waals surface area (Å²) in [5.74, 6) is 0.0648. The van der Waals surface area contributed by atoms with Crippen LogP contribution in [0.5, 0.6) is 0 Å². The summed E-state index contributed by atoms with van der Waals surface area (Å²) in [6.07, 6.45) is 7.63. The minimum Gasteiger partial charge on any atom is -0.384 e. The lowest BCUT2D eigenvalue weighted by molar-refractivity contribution is 0.0787. The van der Waals surface area contributed by atoms with Crippen molar-refractivity contribution in [1.82, 2.24) is 9.88 Å². The molecule has 0 radical (unpaired) electrons. The van der Waals surface area contributed by atoms with Gasteiger partial charge in [-0.15, -0.1) is 0 Å². The molecule has 2 heterocycles. The van der Waals surface area contributed by atoms with Gasteiger partial charge in [-0.3, -0.25) is 4.79 Å². The van der Waals surface area contributed by atoms with Crippen LogP contribution in [0.3, 0.4) is 0 Å². The summed E-state index contributed by atoms with van der Waals surface area (Å²) in [7, 11) is 0. The van der Waals surface area contributed by atoms with Crippen molar-refractivity contribution in [2.75, 3.05) is 25.0 Å². The summed E-state index contributed by atoms with van der Waals surface area (Å²) in [6.45, 7) is 4.91. The Morgan fingerprint density at radius 2 is 2.11 bits per heavy atom. The topological polar surface area (TPSA) is 45.2 Å². The first kappa shape index (κ1) is 13.8. The maximum Gasteiger partial charge on any atom is 0.272 e. The van der Waals surface area contributed by atoms with Crippen LogP contribution in [-0.4, -0.2) is 35.4 Å². The second kappa shape index (κ2) is 7.12. The number of hydrogen-bond donors (Lipinski definition) is 1. The average Bonchev–Trinajstić information content (AvgIpc) is 2.98. The minimum absolute atomic E-state index is 0.0648. The lowest BCUT2D eigenvalue weighted by Gasteiger charge is -2.14. The summed E-state index contributed by atoms with van der Waals surface area (Å²) < 4.78 is 0. The highest BCUT2D eigenvalue weighted by Gasteiger charge is 2.20. The van der Waals surface area contributed by atoms with E-state index < -0.39 is 0 Å².